The number of aryl methyl sites for hydroxylation is 1. The normalized spacial score (nSPS) is 15.1. The molecule has 1 fully saturated rings. The summed E-state index contributed by atoms with van der Waals surface area (Å²) in [5, 5.41) is 7.78. The molecule has 26 heavy (non-hydrogen) atoms. The lowest BCUT2D eigenvalue weighted by Crippen LogP contribution is -2.46. The average molecular weight is 359 g/mol. The molecule has 1 aliphatic heterocycles. The fourth-order valence-electron chi connectivity index (χ4n) is 3.17. The van der Waals surface area contributed by atoms with Crippen LogP contribution in [0.2, 0.25) is 0 Å². The van der Waals surface area contributed by atoms with Crippen molar-refractivity contribution in [1.82, 2.24) is 19.9 Å². The van der Waals surface area contributed by atoms with E-state index >= 15 is 0 Å². The maximum Gasteiger partial charge on any atom is 0.360 e. The van der Waals surface area contributed by atoms with Gasteiger partial charge in [0.05, 0.1) is 26.1 Å². The topological polar surface area (TPSA) is 72.7 Å². The highest BCUT2D eigenvalue weighted by Crippen LogP contribution is 2.28. The first-order valence-electron chi connectivity index (χ1n) is 8.80. The minimum Gasteiger partial charge on any atom is -0.495 e. The van der Waals surface area contributed by atoms with Gasteiger partial charge in [-0.25, -0.2) is 4.79 Å². The zero-order valence-corrected chi connectivity index (χ0v) is 15.3. The number of rotatable bonds is 7. The Hall–Kier alpha value is -2.61. The summed E-state index contributed by atoms with van der Waals surface area (Å²) in [5.41, 5.74) is 1.41. The van der Waals surface area contributed by atoms with Gasteiger partial charge < -0.3 is 14.4 Å². The molecule has 1 aliphatic rings. The van der Waals surface area contributed by atoms with Gasteiger partial charge in [0.25, 0.3) is 0 Å². The van der Waals surface area contributed by atoms with Crippen LogP contribution in [0, 0.1) is 0 Å². The number of para-hydroxylation sites is 2. The van der Waals surface area contributed by atoms with Gasteiger partial charge in [-0.3, -0.25) is 9.58 Å². The molecular formula is C18H25N5O3. The van der Waals surface area contributed by atoms with Crippen LogP contribution >= 0.6 is 0 Å². The SMILES string of the molecule is COC(=O)c1cn(CCCN2CCN(c3ccccc3OC)CC2)nn1. The van der Waals surface area contributed by atoms with Crippen LogP contribution in [0.15, 0.2) is 30.5 Å². The minimum atomic E-state index is -0.455. The van der Waals surface area contributed by atoms with E-state index in [9.17, 15) is 4.79 Å². The maximum absolute atomic E-state index is 11.4. The van der Waals surface area contributed by atoms with Gasteiger partial charge in [-0.15, -0.1) is 5.10 Å². The van der Waals surface area contributed by atoms with Gasteiger partial charge >= 0.3 is 5.97 Å². The number of carbonyl (C=O) groups is 1. The average Bonchev–Trinajstić information content (AvgIpc) is 3.17. The summed E-state index contributed by atoms with van der Waals surface area (Å²) >= 11 is 0. The van der Waals surface area contributed by atoms with Gasteiger partial charge in [0.2, 0.25) is 0 Å². The molecule has 0 bridgehead atoms. The van der Waals surface area contributed by atoms with E-state index in [-0.39, 0.29) is 5.69 Å². The molecule has 2 aromatic rings. The Kier molecular flexibility index (Phi) is 6.06. The van der Waals surface area contributed by atoms with Gasteiger partial charge in [0.15, 0.2) is 5.69 Å². The molecular weight excluding hydrogens is 334 g/mol. The predicted octanol–water partition coefficient (Wildman–Crippen LogP) is 1.29. The first kappa shape index (κ1) is 18.2. The van der Waals surface area contributed by atoms with E-state index in [1.165, 1.54) is 7.11 Å². The fourth-order valence-corrected chi connectivity index (χ4v) is 3.17. The molecule has 0 radical (unpaired) electrons. The van der Waals surface area contributed by atoms with E-state index < -0.39 is 5.97 Å². The number of esters is 1. The summed E-state index contributed by atoms with van der Waals surface area (Å²) in [5.74, 6) is 0.470. The second-order valence-electron chi connectivity index (χ2n) is 6.21. The number of hydrogen-bond donors (Lipinski definition) is 0. The second-order valence-corrected chi connectivity index (χ2v) is 6.21. The van der Waals surface area contributed by atoms with Gasteiger partial charge in [0, 0.05) is 39.3 Å². The quantitative estimate of drug-likeness (QED) is 0.690. The molecule has 0 atom stereocenters. The molecule has 0 aliphatic carbocycles. The lowest BCUT2D eigenvalue weighted by atomic mass is 10.2. The minimum absolute atomic E-state index is 0.248. The summed E-state index contributed by atoms with van der Waals surface area (Å²) < 4.78 is 11.8. The lowest BCUT2D eigenvalue weighted by molar-refractivity contribution is 0.0594. The first-order valence-corrected chi connectivity index (χ1v) is 8.80. The molecule has 0 amide bonds. The molecule has 8 heteroatoms. The molecule has 0 N–H and O–H groups in total. The van der Waals surface area contributed by atoms with Crippen LogP contribution in [0.3, 0.4) is 0 Å². The third kappa shape index (κ3) is 4.32. The van der Waals surface area contributed by atoms with E-state index in [2.05, 4.69) is 30.9 Å². The summed E-state index contributed by atoms with van der Waals surface area (Å²) in [4.78, 5) is 16.2. The molecule has 140 valence electrons. The molecule has 0 saturated carbocycles. The van der Waals surface area contributed by atoms with Crippen LogP contribution in [-0.2, 0) is 11.3 Å². The van der Waals surface area contributed by atoms with Crippen LogP contribution < -0.4 is 9.64 Å². The number of piperazine rings is 1. The van der Waals surface area contributed by atoms with Crippen molar-refractivity contribution in [2.24, 2.45) is 0 Å². The molecule has 1 aromatic carbocycles. The number of ether oxygens (including phenoxy) is 2. The molecule has 3 rings (SSSR count). The lowest BCUT2D eigenvalue weighted by Gasteiger charge is -2.36. The largest absolute Gasteiger partial charge is 0.495 e. The highest BCUT2D eigenvalue weighted by Gasteiger charge is 2.19. The zero-order valence-electron chi connectivity index (χ0n) is 15.3. The van der Waals surface area contributed by atoms with E-state index in [0.717, 1.165) is 57.1 Å². The van der Waals surface area contributed by atoms with Crippen molar-refractivity contribution >= 4 is 11.7 Å². The van der Waals surface area contributed by atoms with E-state index in [4.69, 9.17) is 4.74 Å². The second kappa shape index (κ2) is 8.66. The van der Waals surface area contributed by atoms with Crippen molar-refractivity contribution in [2.45, 2.75) is 13.0 Å². The summed E-state index contributed by atoms with van der Waals surface area (Å²) in [6, 6.07) is 8.15. The Morgan fingerprint density at radius 2 is 1.88 bits per heavy atom. The summed E-state index contributed by atoms with van der Waals surface area (Å²) in [6.07, 6.45) is 2.59. The third-order valence-corrected chi connectivity index (χ3v) is 4.59. The number of methoxy groups -OCH3 is 2. The summed E-state index contributed by atoms with van der Waals surface area (Å²) in [6.45, 7) is 5.72. The Morgan fingerprint density at radius 1 is 1.12 bits per heavy atom. The monoisotopic (exact) mass is 359 g/mol. The number of anilines is 1. The molecule has 2 heterocycles. The highest BCUT2D eigenvalue weighted by atomic mass is 16.5. The molecule has 1 saturated heterocycles. The zero-order chi connectivity index (χ0) is 18.4. The van der Waals surface area contributed by atoms with Crippen molar-refractivity contribution < 1.29 is 14.3 Å². The van der Waals surface area contributed by atoms with Gasteiger partial charge in [-0.05, 0) is 18.6 Å². The van der Waals surface area contributed by atoms with E-state index in [1.807, 2.05) is 18.2 Å². The number of aromatic nitrogens is 3. The number of hydrogen-bond acceptors (Lipinski definition) is 7. The van der Waals surface area contributed by atoms with Crippen LogP contribution in [0.1, 0.15) is 16.9 Å². The van der Waals surface area contributed by atoms with Gasteiger partial charge in [-0.1, -0.05) is 17.3 Å². The van der Waals surface area contributed by atoms with Crippen molar-refractivity contribution in [1.29, 1.82) is 0 Å². The van der Waals surface area contributed by atoms with Crippen LogP contribution in [0.5, 0.6) is 5.75 Å². The Labute approximate surface area is 153 Å². The van der Waals surface area contributed by atoms with Gasteiger partial charge in [0.1, 0.15) is 5.75 Å². The molecule has 1 aromatic heterocycles. The third-order valence-electron chi connectivity index (χ3n) is 4.59. The van der Waals surface area contributed by atoms with Crippen molar-refractivity contribution in [3.8, 4) is 5.75 Å². The molecule has 0 spiro atoms. The Morgan fingerprint density at radius 3 is 2.62 bits per heavy atom. The molecule has 8 nitrogen and oxygen atoms in total. The number of nitrogens with zero attached hydrogens (tertiary/aromatic N) is 5. The van der Waals surface area contributed by atoms with Crippen LogP contribution in [-0.4, -0.2) is 72.8 Å². The van der Waals surface area contributed by atoms with Crippen molar-refractivity contribution in [3.05, 3.63) is 36.2 Å². The van der Waals surface area contributed by atoms with Crippen molar-refractivity contribution in [3.63, 3.8) is 0 Å². The van der Waals surface area contributed by atoms with Crippen LogP contribution in [0.25, 0.3) is 0 Å². The Balaban J connectivity index is 1.43. The summed E-state index contributed by atoms with van der Waals surface area (Å²) in [7, 11) is 3.05. The first-order chi connectivity index (χ1) is 12.7. The molecule has 0 unspecified atom stereocenters. The fraction of sp³-hybridized carbons (Fsp3) is 0.500. The van der Waals surface area contributed by atoms with Crippen LogP contribution in [0.4, 0.5) is 5.69 Å². The number of benzene rings is 1. The standard InChI is InChI=1S/C18H25N5O3/c1-25-17-7-4-3-6-16(17)22-12-10-21(11-13-22)8-5-9-23-14-15(19-20-23)18(24)26-2/h3-4,6-7,14H,5,8-13H2,1-2H3. The van der Waals surface area contributed by atoms with E-state index in [1.54, 1.807) is 18.0 Å². The smallest absolute Gasteiger partial charge is 0.360 e. The highest BCUT2D eigenvalue weighted by molar-refractivity contribution is 5.86. The number of carbonyl (C=O) groups excluding carboxylic acids is 1. The van der Waals surface area contributed by atoms with E-state index in [0.29, 0.717) is 0 Å². The van der Waals surface area contributed by atoms with Gasteiger partial charge in [-0.2, -0.15) is 0 Å². The maximum atomic E-state index is 11.4. The Bertz CT molecular complexity index is 725. The van der Waals surface area contributed by atoms with Crippen molar-refractivity contribution in [2.75, 3.05) is 51.8 Å². The predicted molar refractivity (Wildman–Crippen MR) is 97.6 cm³/mol.